The molecule has 0 aliphatic carbocycles. The molecule has 5 heteroatoms. The number of nitrogens with zero attached hydrogens (tertiary/aromatic N) is 1. The number of halogens is 1. The molecule has 0 fully saturated rings. The molecule has 0 aliphatic rings. The number of ether oxygens (including phenoxy) is 1. The Kier molecular flexibility index (Phi) is 6.73. The van der Waals surface area contributed by atoms with Crippen LogP contribution in [0.5, 0.6) is 5.75 Å². The smallest absolute Gasteiger partial charge is 0.266 e. The van der Waals surface area contributed by atoms with Gasteiger partial charge in [-0.15, -0.1) is 0 Å². The van der Waals surface area contributed by atoms with E-state index in [1.807, 2.05) is 91.9 Å². The zero-order valence-corrected chi connectivity index (χ0v) is 18.8. The fourth-order valence-corrected chi connectivity index (χ4v) is 3.71. The van der Waals surface area contributed by atoms with E-state index in [9.17, 15) is 10.1 Å². The van der Waals surface area contributed by atoms with Crippen molar-refractivity contribution in [1.82, 2.24) is 0 Å². The largest absolute Gasteiger partial charge is 0.488 e. The highest BCUT2D eigenvalue weighted by atomic mass is 35.5. The van der Waals surface area contributed by atoms with Gasteiger partial charge in [0.2, 0.25) is 0 Å². The van der Waals surface area contributed by atoms with Crippen molar-refractivity contribution in [2.75, 3.05) is 5.32 Å². The molecular weight excluding hydrogens is 432 g/mol. The van der Waals surface area contributed by atoms with Gasteiger partial charge in [0, 0.05) is 21.8 Å². The van der Waals surface area contributed by atoms with Crippen LogP contribution >= 0.6 is 11.6 Å². The minimum atomic E-state index is -0.475. The molecule has 0 bridgehead atoms. The quantitative estimate of drug-likeness (QED) is 0.255. The highest BCUT2D eigenvalue weighted by Gasteiger charge is 2.15. The number of hydrogen-bond acceptors (Lipinski definition) is 3. The van der Waals surface area contributed by atoms with Gasteiger partial charge < -0.3 is 10.1 Å². The molecule has 0 saturated heterocycles. The molecule has 0 radical (unpaired) electrons. The van der Waals surface area contributed by atoms with Crippen molar-refractivity contribution in [3.63, 3.8) is 0 Å². The van der Waals surface area contributed by atoms with E-state index >= 15 is 0 Å². The van der Waals surface area contributed by atoms with E-state index in [0.717, 1.165) is 21.9 Å². The summed E-state index contributed by atoms with van der Waals surface area (Å²) in [6.07, 6.45) is 1.58. The third-order valence-corrected chi connectivity index (χ3v) is 5.69. The van der Waals surface area contributed by atoms with Crippen LogP contribution in [0.25, 0.3) is 16.8 Å². The number of rotatable bonds is 6. The molecule has 0 aromatic heterocycles. The first-order valence-corrected chi connectivity index (χ1v) is 10.8. The summed E-state index contributed by atoms with van der Waals surface area (Å²) in [5.41, 5.74) is 3.07. The summed E-state index contributed by atoms with van der Waals surface area (Å²) in [6.45, 7) is 2.16. The normalized spacial score (nSPS) is 11.1. The Balaban J connectivity index is 1.72. The van der Waals surface area contributed by atoms with Crippen LogP contribution < -0.4 is 10.1 Å². The molecule has 162 valence electrons. The lowest BCUT2D eigenvalue weighted by atomic mass is 10.0. The highest BCUT2D eigenvalue weighted by molar-refractivity contribution is 6.31. The molecule has 0 aliphatic heterocycles. The summed E-state index contributed by atoms with van der Waals surface area (Å²) in [7, 11) is 0. The zero-order valence-electron chi connectivity index (χ0n) is 18.0. The van der Waals surface area contributed by atoms with Gasteiger partial charge in [-0.3, -0.25) is 4.79 Å². The Hall–Kier alpha value is -4.07. The number of amides is 1. The van der Waals surface area contributed by atoms with Gasteiger partial charge in [-0.25, -0.2) is 0 Å². The van der Waals surface area contributed by atoms with Gasteiger partial charge in [-0.1, -0.05) is 78.3 Å². The SMILES string of the molecule is Cc1ccccc1NC(=O)/C(C#N)=C/c1c(OCc2ccccc2Cl)ccc2ccccc12. The van der Waals surface area contributed by atoms with E-state index in [1.54, 1.807) is 12.1 Å². The molecule has 0 saturated carbocycles. The average molecular weight is 453 g/mol. The number of benzene rings is 4. The molecule has 0 heterocycles. The van der Waals surface area contributed by atoms with Gasteiger partial charge in [0.15, 0.2) is 0 Å². The Morgan fingerprint density at radius 2 is 1.73 bits per heavy atom. The molecule has 0 unspecified atom stereocenters. The second kappa shape index (κ2) is 10.0. The van der Waals surface area contributed by atoms with E-state index < -0.39 is 5.91 Å². The molecular formula is C28H21ClN2O2. The molecule has 4 aromatic rings. The molecule has 1 N–H and O–H groups in total. The minimum absolute atomic E-state index is 0.0165. The Labute approximate surface area is 197 Å². The predicted molar refractivity (Wildman–Crippen MR) is 133 cm³/mol. The molecule has 4 nitrogen and oxygen atoms in total. The molecule has 0 spiro atoms. The first-order valence-electron chi connectivity index (χ1n) is 10.4. The summed E-state index contributed by atoms with van der Waals surface area (Å²) in [5.74, 6) is 0.0850. The van der Waals surface area contributed by atoms with Crippen molar-refractivity contribution in [3.8, 4) is 11.8 Å². The van der Waals surface area contributed by atoms with Crippen LogP contribution in [0.2, 0.25) is 5.02 Å². The number of nitrogens with one attached hydrogen (secondary N) is 1. The standard InChI is InChI=1S/C28H21ClN2O2/c1-19-8-2-7-13-26(19)31-28(32)22(17-30)16-24-23-11-5-3-9-20(23)14-15-27(24)33-18-21-10-4-6-12-25(21)29/h2-16H,18H2,1H3,(H,31,32)/b22-16+. The van der Waals surface area contributed by atoms with Crippen LogP contribution in [0.1, 0.15) is 16.7 Å². The topological polar surface area (TPSA) is 62.1 Å². The number of aryl methyl sites for hydroxylation is 1. The van der Waals surface area contributed by atoms with Gasteiger partial charge in [-0.2, -0.15) is 5.26 Å². The van der Waals surface area contributed by atoms with Crippen molar-refractivity contribution in [2.45, 2.75) is 13.5 Å². The third-order valence-electron chi connectivity index (χ3n) is 5.32. The summed E-state index contributed by atoms with van der Waals surface area (Å²) < 4.78 is 6.10. The van der Waals surface area contributed by atoms with Crippen LogP contribution in [0, 0.1) is 18.3 Å². The Morgan fingerprint density at radius 1 is 1.00 bits per heavy atom. The summed E-state index contributed by atoms with van der Waals surface area (Å²) in [5, 5.41) is 15.1. The maximum atomic E-state index is 12.9. The number of hydrogen-bond donors (Lipinski definition) is 1. The van der Waals surface area contributed by atoms with Crippen molar-refractivity contribution in [1.29, 1.82) is 5.26 Å². The average Bonchev–Trinajstić information content (AvgIpc) is 2.83. The van der Waals surface area contributed by atoms with Gasteiger partial charge in [0.1, 0.15) is 24.0 Å². The second-order valence-corrected chi connectivity index (χ2v) is 7.92. The molecule has 4 rings (SSSR count). The highest BCUT2D eigenvalue weighted by Crippen LogP contribution is 2.31. The number of carbonyl (C=O) groups is 1. The van der Waals surface area contributed by atoms with Gasteiger partial charge in [0.05, 0.1) is 0 Å². The van der Waals surface area contributed by atoms with Crippen LogP contribution in [0.3, 0.4) is 0 Å². The van der Waals surface area contributed by atoms with Crippen molar-refractivity contribution < 1.29 is 9.53 Å². The maximum absolute atomic E-state index is 12.9. The number of nitriles is 1. The first-order chi connectivity index (χ1) is 16.1. The van der Waals surface area contributed by atoms with Gasteiger partial charge in [0.25, 0.3) is 5.91 Å². The summed E-state index contributed by atoms with van der Waals surface area (Å²) >= 11 is 6.28. The lowest BCUT2D eigenvalue weighted by Gasteiger charge is -2.14. The lowest BCUT2D eigenvalue weighted by Crippen LogP contribution is -2.14. The van der Waals surface area contributed by atoms with Gasteiger partial charge >= 0.3 is 0 Å². The van der Waals surface area contributed by atoms with Crippen molar-refractivity contribution in [2.24, 2.45) is 0 Å². The number of fused-ring (bicyclic) bond motifs is 1. The maximum Gasteiger partial charge on any atom is 0.266 e. The Morgan fingerprint density at radius 3 is 2.52 bits per heavy atom. The second-order valence-electron chi connectivity index (χ2n) is 7.52. The fraction of sp³-hybridized carbons (Fsp3) is 0.0714. The van der Waals surface area contributed by atoms with Crippen molar-refractivity contribution in [3.05, 3.63) is 112 Å². The third kappa shape index (κ3) is 5.06. The molecule has 33 heavy (non-hydrogen) atoms. The molecule has 4 aromatic carbocycles. The lowest BCUT2D eigenvalue weighted by molar-refractivity contribution is -0.112. The molecule has 1 amide bonds. The predicted octanol–water partition coefficient (Wildman–Crippen LogP) is 6.93. The van der Waals surface area contributed by atoms with Crippen LogP contribution in [-0.2, 0) is 11.4 Å². The van der Waals surface area contributed by atoms with Crippen LogP contribution in [0.15, 0.2) is 90.5 Å². The van der Waals surface area contributed by atoms with Gasteiger partial charge in [-0.05, 0) is 47.5 Å². The summed E-state index contributed by atoms with van der Waals surface area (Å²) in [6, 6.07) is 28.5. The Bertz CT molecular complexity index is 1400. The fourth-order valence-electron chi connectivity index (χ4n) is 3.52. The van der Waals surface area contributed by atoms with E-state index in [2.05, 4.69) is 5.32 Å². The first kappa shape index (κ1) is 22.1. The summed E-state index contributed by atoms with van der Waals surface area (Å²) in [4.78, 5) is 12.9. The van der Waals surface area contributed by atoms with Crippen LogP contribution in [-0.4, -0.2) is 5.91 Å². The number of carbonyl (C=O) groups excluding carboxylic acids is 1. The van der Waals surface area contributed by atoms with E-state index in [1.165, 1.54) is 0 Å². The monoisotopic (exact) mass is 452 g/mol. The van der Waals surface area contributed by atoms with E-state index in [-0.39, 0.29) is 12.2 Å². The van der Waals surface area contributed by atoms with Crippen LogP contribution in [0.4, 0.5) is 5.69 Å². The molecule has 0 atom stereocenters. The number of anilines is 1. The van der Waals surface area contributed by atoms with E-state index in [0.29, 0.717) is 22.0 Å². The number of para-hydroxylation sites is 1. The van der Waals surface area contributed by atoms with Crippen molar-refractivity contribution >= 4 is 40.0 Å². The minimum Gasteiger partial charge on any atom is -0.488 e. The zero-order chi connectivity index (χ0) is 23.2. The van der Waals surface area contributed by atoms with E-state index in [4.69, 9.17) is 16.3 Å².